The Hall–Kier alpha value is -1.77. The molecule has 0 radical (unpaired) electrons. The molecule has 1 aromatic carbocycles. The predicted octanol–water partition coefficient (Wildman–Crippen LogP) is 2.27. The van der Waals surface area contributed by atoms with Gasteiger partial charge in [-0.15, -0.1) is 0 Å². The fraction of sp³-hybridized carbons (Fsp3) is 0.312. The Morgan fingerprint density at radius 1 is 1.29 bits per heavy atom. The van der Waals surface area contributed by atoms with Crippen molar-refractivity contribution in [3.05, 3.63) is 56.5 Å². The highest BCUT2D eigenvalue weighted by atomic mass is 79.9. The maximum atomic E-state index is 12.5. The largest absolute Gasteiger partial charge is 0.392 e. The second-order valence-corrected chi connectivity index (χ2v) is 7.48. The van der Waals surface area contributed by atoms with Crippen LogP contribution in [0.2, 0.25) is 0 Å². The van der Waals surface area contributed by atoms with Gasteiger partial charge in [0, 0.05) is 24.2 Å². The number of aromatic nitrogens is 3. The van der Waals surface area contributed by atoms with Gasteiger partial charge in [0.15, 0.2) is 0 Å². The molecule has 0 fully saturated rings. The van der Waals surface area contributed by atoms with Gasteiger partial charge in [0.25, 0.3) is 5.56 Å². The molecule has 8 heteroatoms. The third-order valence-electron chi connectivity index (χ3n) is 3.98. The Balaban J connectivity index is 2.26. The number of nitrogens with zero attached hydrogens (tertiary/aromatic N) is 3. The number of hydrogen-bond donors (Lipinski definition) is 1. The van der Waals surface area contributed by atoms with Gasteiger partial charge < -0.3 is 9.67 Å². The van der Waals surface area contributed by atoms with Crippen molar-refractivity contribution < 1.29 is 5.11 Å². The summed E-state index contributed by atoms with van der Waals surface area (Å²) >= 11 is 4.76. The van der Waals surface area contributed by atoms with Crippen LogP contribution in [-0.4, -0.2) is 24.7 Å². The molecule has 0 saturated carbocycles. The van der Waals surface area contributed by atoms with Crippen molar-refractivity contribution in [1.82, 2.24) is 13.5 Å². The van der Waals surface area contributed by atoms with Crippen LogP contribution in [-0.2, 0) is 7.05 Å². The van der Waals surface area contributed by atoms with E-state index in [1.54, 1.807) is 33.0 Å². The number of aliphatic hydroxyl groups is 1. The molecule has 3 aromatic rings. The van der Waals surface area contributed by atoms with E-state index in [-0.39, 0.29) is 10.4 Å². The lowest BCUT2D eigenvalue weighted by Gasteiger charge is -2.12. The molecule has 2 atom stereocenters. The first-order valence-electron chi connectivity index (χ1n) is 7.32. The highest BCUT2D eigenvalue weighted by Gasteiger charge is 2.20. The molecule has 0 aliphatic carbocycles. The number of fused-ring (bicyclic) bond motifs is 1. The Kier molecular flexibility index (Phi) is 4.46. The van der Waals surface area contributed by atoms with Crippen molar-refractivity contribution in [3.63, 3.8) is 0 Å². The topological polar surface area (TPSA) is 77.1 Å². The summed E-state index contributed by atoms with van der Waals surface area (Å²) in [6.07, 6.45) is -0.617. The van der Waals surface area contributed by atoms with Gasteiger partial charge in [-0.25, -0.2) is 9.36 Å². The summed E-state index contributed by atoms with van der Waals surface area (Å²) in [5.74, 6) is 0. The fourth-order valence-corrected chi connectivity index (χ4v) is 3.77. The van der Waals surface area contributed by atoms with Crippen molar-refractivity contribution in [2.45, 2.75) is 24.8 Å². The summed E-state index contributed by atoms with van der Waals surface area (Å²) in [6, 6.07) is 6.76. The molecule has 0 bridgehead atoms. The number of aliphatic hydroxyl groups excluding tert-OH is 1. The minimum atomic E-state index is -0.617. The first-order valence-corrected chi connectivity index (χ1v) is 9.01. The zero-order chi connectivity index (χ0) is 17.6. The Bertz CT molecular complexity index is 1040. The number of rotatable bonds is 3. The quantitative estimate of drug-likeness (QED) is 0.673. The molecule has 6 nitrogen and oxygen atoms in total. The van der Waals surface area contributed by atoms with Crippen molar-refractivity contribution in [3.8, 4) is 5.69 Å². The zero-order valence-corrected chi connectivity index (χ0v) is 15.8. The molecule has 0 aliphatic heterocycles. The average molecular weight is 410 g/mol. The first kappa shape index (κ1) is 17.1. The van der Waals surface area contributed by atoms with Crippen molar-refractivity contribution in [1.29, 1.82) is 0 Å². The van der Waals surface area contributed by atoms with Gasteiger partial charge in [0.1, 0.15) is 0 Å². The highest BCUT2D eigenvalue weighted by molar-refractivity contribution is 9.09. The molecule has 126 valence electrons. The van der Waals surface area contributed by atoms with Gasteiger partial charge in [0.05, 0.1) is 27.0 Å². The smallest absolute Gasteiger partial charge is 0.335 e. The van der Waals surface area contributed by atoms with E-state index >= 15 is 0 Å². The normalized spacial score (nSPS) is 14.0. The summed E-state index contributed by atoms with van der Waals surface area (Å²) in [6.45, 7) is 3.39. The summed E-state index contributed by atoms with van der Waals surface area (Å²) in [4.78, 5) is 24.5. The summed E-state index contributed by atoms with van der Waals surface area (Å²) in [7, 11) is 1.63. The Morgan fingerprint density at radius 3 is 2.67 bits per heavy atom. The van der Waals surface area contributed by atoms with Crippen LogP contribution >= 0.6 is 27.5 Å². The summed E-state index contributed by atoms with van der Waals surface area (Å²) in [5, 5.41) is 10.6. The number of hydrogen-bond acceptors (Lipinski definition) is 5. The standard InChI is InChI=1S/C16H16BrN3O3S/c1-8-6-13(22)20(16(23)19(8)3)10-4-5-12-11(7-10)15(18-24-12)14(17)9(2)21/h4-7,9,14,21H,1-3H3. The van der Waals surface area contributed by atoms with E-state index in [2.05, 4.69) is 20.3 Å². The van der Waals surface area contributed by atoms with Crippen LogP contribution < -0.4 is 11.2 Å². The molecule has 0 aliphatic rings. The van der Waals surface area contributed by atoms with Gasteiger partial charge in [-0.1, -0.05) is 15.9 Å². The van der Waals surface area contributed by atoms with Gasteiger partial charge >= 0.3 is 5.69 Å². The van der Waals surface area contributed by atoms with Gasteiger partial charge in [-0.3, -0.25) is 4.79 Å². The van der Waals surface area contributed by atoms with Crippen LogP contribution in [0.1, 0.15) is 23.1 Å². The molecule has 3 rings (SSSR count). The van der Waals surface area contributed by atoms with Crippen LogP contribution in [0, 0.1) is 6.92 Å². The molecular weight excluding hydrogens is 394 g/mol. The lowest BCUT2D eigenvalue weighted by Crippen LogP contribution is -2.38. The number of halogens is 1. The molecule has 24 heavy (non-hydrogen) atoms. The molecule has 0 amide bonds. The maximum Gasteiger partial charge on any atom is 0.335 e. The van der Waals surface area contributed by atoms with E-state index in [1.165, 1.54) is 22.2 Å². The molecular formula is C16H16BrN3O3S. The first-order chi connectivity index (χ1) is 11.3. The minimum absolute atomic E-state index is 0.320. The van der Waals surface area contributed by atoms with Crippen molar-refractivity contribution in [2.24, 2.45) is 7.05 Å². The zero-order valence-electron chi connectivity index (χ0n) is 13.4. The summed E-state index contributed by atoms with van der Waals surface area (Å²) < 4.78 is 7.89. The molecule has 2 unspecified atom stereocenters. The minimum Gasteiger partial charge on any atom is -0.392 e. The van der Waals surface area contributed by atoms with Crippen LogP contribution in [0.5, 0.6) is 0 Å². The number of aryl methyl sites for hydroxylation is 1. The van der Waals surface area contributed by atoms with Crippen molar-refractivity contribution >= 4 is 37.5 Å². The average Bonchev–Trinajstić information content (AvgIpc) is 2.95. The number of alkyl halides is 1. The lowest BCUT2D eigenvalue weighted by molar-refractivity contribution is 0.193. The van der Waals surface area contributed by atoms with E-state index in [0.717, 1.165) is 14.7 Å². The Morgan fingerprint density at radius 2 is 2.00 bits per heavy atom. The second-order valence-electron chi connectivity index (χ2n) is 5.69. The van der Waals surface area contributed by atoms with Crippen LogP contribution in [0.4, 0.5) is 0 Å². The molecule has 2 aromatic heterocycles. The van der Waals surface area contributed by atoms with Crippen LogP contribution in [0.25, 0.3) is 15.8 Å². The van der Waals surface area contributed by atoms with Gasteiger partial charge in [-0.2, -0.15) is 4.37 Å². The number of benzene rings is 1. The monoisotopic (exact) mass is 409 g/mol. The molecule has 2 heterocycles. The third kappa shape index (κ3) is 2.74. The van der Waals surface area contributed by atoms with E-state index in [4.69, 9.17) is 0 Å². The van der Waals surface area contributed by atoms with E-state index < -0.39 is 11.8 Å². The molecule has 0 spiro atoms. The summed E-state index contributed by atoms with van der Waals surface area (Å²) in [5.41, 5.74) is 1.03. The van der Waals surface area contributed by atoms with E-state index in [1.807, 2.05) is 6.07 Å². The molecule has 1 N–H and O–H groups in total. The fourth-order valence-electron chi connectivity index (χ4n) is 2.48. The van der Waals surface area contributed by atoms with Gasteiger partial charge in [-0.05, 0) is 43.6 Å². The van der Waals surface area contributed by atoms with Crippen LogP contribution in [0.3, 0.4) is 0 Å². The second kappa shape index (κ2) is 6.27. The maximum absolute atomic E-state index is 12.5. The Labute approximate surface area is 150 Å². The SMILES string of the molecule is Cc1cc(=O)n(-c2ccc3snc(C(Br)C(C)O)c3c2)c(=O)n1C. The third-order valence-corrected chi connectivity index (χ3v) is 6.02. The molecule has 0 saturated heterocycles. The van der Waals surface area contributed by atoms with E-state index in [0.29, 0.717) is 17.1 Å². The lowest BCUT2D eigenvalue weighted by atomic mass is 10.1. The highest BCUT2D eigenvalue weighted by Crippen LogP contribution is 2.34. The van der Waals surface area contributed by atoms with E-state index in [9.17, 15) is 14.7 Å². The predicted molar refractivity (Wildman–Crippen MR) is 98.5 cm³/mol. The van der Waals surface area contributed by atoms with Gasteiger partial charge in [0.2, 0.25) is 0 Å². The van der Waals surface area contributed by atoms with Crippen LogP contribution in [0.15, 0.2) is 33.9 Å². The van der Waals surface area contributed by atoms with Crippen molar-refractivity contribution in [2.75, 3.05) is 0 Å².